The van der Waals surface area contributed by atoms with Crippen LogP contribution in [0.25, 0.3) is 0 Å². The highest BCUT2D eigenvalue weighted by molar-refractivity contribution is 7.99. The lowest BCUT2D eigenvalue weighted by Gasteiger charge is -2.28. The molecule has 3 heteroatoms. The molecule has 1 aliphatic rings. The number of aryl methyl sites for hydroxylation is 1. The van der Waals surface area contributed by atoms with Gasteiger partial charge in [0.1, 0.15) is 0 Å². The molecule has 1 unspecified atom stereocenters. The van der Waals surface area contributed by atoms with Gasteiger partial charge in [0.2, 0.25) is 0 Å². The molecule has 1 aromatic carbocycles. The van der Waals surface area contributed by atoms with Crippen LogP contribution in [0.15, 0.2) is 23.1 Å². The second kappa shape index (κ2) is 5.60. The van der Waals surface area contributed by atoms with Crippen LogP contribution < -0.4 is 5.32 Å². The first-order chi connectivity index (χ1) is 7.85. The summed E-state index contributed by atoms with van der Waals surface area (Å²) in [7, 11) is 0. The van der Waals surface area contributed by atoms with Crippen LogP contribution in [0.1, 0.15) is 25.3 Å². The van der Waals surface area contributed by atoms with Gasteiger partial charge in [-0.3, -0.25) is 0 Å². The largest absolute Gasteiger partial charge is 0.396 e. The average Bonchev–Trinajstić information content (AvgIpc) is 2.35. The molecule has 0 saturated carbocycles. The Kier molecular flexibility index (Phi) is 4.13. The van der Waals surface area contributed by atoms with Crippen molar-refractivity contribution >= 4 is 17.4 Å². The molecule has 0 saturated heterocycles. The van der Waals surface area contributed by atoms with Crippen molar-refractivity contribution in [2.45, 2.75) is 37.1 Å². The Bertz CT molecular complexity index is 340. The number of fused-ring (bicyclic) bond motifs is 1. The Morgan fingerprint density at radius 3 is 3.12 bits per heavy atom. The molecule has 0 radical (unpaired) electrons. The van der Waals surface area contributed by atoms with Crippen LogP contribution in [0.3, 0.4) is 0 Å². The van der Waals surface area contributed by atoms with Crippen molar-refractivity contribution in [3.05, 3.63) is 23.8 Å². The fourth-order valence-corrected chi connectivity index (χ4v) is 3.22. The summed E-state index contributed by atoms with van der Waals surface area (Å²) in [5.74, 6) is 1.11. The number of nitrogens with one attached hydrogen (secondary N) is 1. The van der Waals surface area contributed by atoms with Crippen LogP contribution in [0.4, 0.5) is 5.69 Å². The number of aliphatic hydroxyl groups excluding tert-OH is 1. The number of hydrogen-bond donors (Lipinski definition) is 2. The number of aliphatic hydroxyl groups is 1. The van der Waals surface area contributed by atoms with Crippen LogP contribution in [0, 0.1) is 0 Å². The third-order valence-electron chi connectivity index (χ3n) is 2.99. The van der Waals surface area contributed by atoms with Gasteiger partial charge in [0.15, 0.2) is 0 Å². The van der Waals surface area contributed by atoms with E-state index in [0.29, 0.717) is 12.6 Å². The highest BCUT2D eigenvalue weighted by atomic mass is 32.2. The van der Waals surface area contributed by atoms with E-state index in [4.69, 9.17) is 5.11 Å². The zero-order chi connectivity index (χ0) is 11.4. The third kappa shape index (κ3) is 2.53. The molecule has 2 N–H and O–H groups in total. The molecule has 1 heterocycles. The van der Waals surface area contributed by atoms with Crippen molar-refractivity contribution in [1.82, 2.24) is 0 Å². The second-order valence-corrected chi connectivity index (χ2v) is 5.22. The minimum absolute atomic E-state index is 0.297. The zero-order valence-electron chi connectivity index (χ0n) is 9.70. The Hall–Kier alpha value is -0.670. The molecule has 0 aliphatic carbocycles. The fraction of sp³-hybridized carbons (Fsp3) is 0.538. The van der Waals surface area contributed by atoms with E-state index in [1.807, 2.05) is 11.8 Å². The van der Waals surface area contributed by atoms with Crippen LogP contribution in [0.5, 0.6) is 0 Å². The molecule has 1 atom stereocenters. The van der Waals surface area contributed by atoms with Gasteiger partial charge in [0, 0.05) is 23.3 Å². The van der Waals surface area contributed by atoms with Gasteiger partial charge in [0.25, 0.3) is 0 Å². The van der Waals surface area contributed by atoms with Gasteiger partial charge in [-0.25, -0.2) is 0 Å². The minimum Gasteiger partial charge on any atom is -0.396 e. The van der Waals surface area contributed by atoms with E-state index in [0.717, 1.165) is 25.0 Å². The molecule has 0 aromatic heterocycles. The summed E-state index contributed by atoms with van der Waals surface area (Å²) in [6.45, 7) is 2.49. The van der Waals surface area contributed by atoms with E-state index in [1.54, 1.807) is 0 Å². The molecule has 88 valence electrons. The normalized spacial score (nSPS) is 19.0. The molecular formula is C13H19NOS. The first kappa shape index (κ1) is 11.8. The third-order valence-corrected chi connectivity index (χ3v) is 4.21. The van der Waals surface area contributed by atoms with Crippen molar-refractivity contribution < 1.29 is 5.11 Å². The minimum atomic E-state index is 0.297. The molecule has 0 bridgehead atoms. The molecule has 1 aliphatic heterocycles. The van der Waals surface area contributed by atoms with Crippen molar-refractivity contribution in [2.24, 2.45) is 0 Å². The van der Waals surface area contributed by atoms with Gasteiger partial charge in [-0.15, -0.1) is 11.8 Å². The summed E-state index contributed by atoms with van der Waals surface area (Å²) in [5, 5.41) is 12.5. The summed E-state index contributed by atoms with van der Waals surface area (Å²) in [5.41, 5.74) is 2.72. The molecule has 0 fully saturated rings. The number of benzene rings is 1. The first-order valence-electron chi connectivity index (χ1n) is 5.97. The summed E-state index contributed by atoms with van der Waals surface area (Å²) in [6, 6.07) is 7.03. The number of para-hydroxylation sites is 1. The van der Waals surface area contributed by atoms with E-state index < -0.39 is 0 Å². The molecule has 1 aromatic rings. The Morgan fingerprint density at radius 1 is 1.50 bits per heavy atom. The van der Waals surface area contributed by atoms with Crippen LogP contribution >= 0.6 is 11.8 Å². The maximum absolute atomic E-state index is 8.86. The maximum Gasteiger partial charge on any atom is 0.0513 e. The molecule has 16 heavy (non-hydrogen) atoms. The molecule has 2 nitrogen and oxygen atoms in total. The van der Waals surface area contributed by atoms with Gasteiger partial charge >= 0.3 is 0 Å². The van der Waals surface area contributed by atoms with Gasteiger partial charge < -0.3 is 10.4 Å². The lowest BCUT2D eigenvalue weighted by Crippen LogP contribution is -2.26. The predicted octanol–water partition coefficient (Wildman–Crippen LogP) is 2.91. The van der Waals surface area contributed by atoms with Gasteiger partial charge in [0.05, 0.1) is 5.69 Å². The number of rotatable bonds is 4. The lowest BCUT2D eigenvalue weighted by molar-refractivity contribution is 0.282. The quantitative estimate of drug-likeness (QED) is 0.844. The monoisotopic (exact) mass is 237 g/mol. The topological polar surface area (TPSA) is 32.3 Å². The molecular weight excluding hydrogens is 218 g/mol. The number of hydrogen-bond acceptors (Lipinski definition) is 3. The molecule has 0 amide bonds. The fourth-order valence-electron chi connectivity index (χ4n) is 2.08. The highest BCUT2D eigenvalue weighted by Gasteiger charge is 2.19. The van der Waals surface area contributed by atoms with Crippen molar-refractivity contribution in [1.29, 1.82) is 0 Å². The molecule has 2 rings (SSSR count). The first-order valence-corrected chi connectivity index (χ1v) is 6.95. The van der Waals surface area contributed by atoms with E-state index in [-0.39, 0.29) is 0 Å². The van der Waals surface area contributed by atoms with E-state index in [9.17, 15) is 0 Å². The number of anilines is 1. The van der Waals surface area contributed by atoms with Gasteiger partial charge in [-0.2, -0.15) is 0 Å². The highest BCUT2D eigenvalue weighted by Crippen LogP contribution is 2.36. The standard InChI is InChI=1S/C13H19NOS/c1-2-10-5-3-7-12-13(10)14-11(9-16-12)6-4-8-15/h3,5,7,11,14-15H,2,4,6,8-9H2,1H3. The molecule has 0 spiro atoms. The van der Waals surface area contributed by atoms with E-state index in [1.165, 1.54) is 16.1 Å². The van der Waals surface area contributed by atoms with Crippen molar-refractivity contribution in [3.63, 3.8) is 0 Å². The Labute approximate surface area is 101 Å². The lowest BCUT2D eigenvalue weighted by atomic mass is 10.1. The number of thioether (sulfide) groups is 1. The Morgan fingerprint density at radius 2 is 2.38 bits per heavy atom. The van der Waals surface area contributed by atoms with Crippen LogP contribution in [-0.4, -0.2) is 23.5 Å². The van der Waals surface area contributed by atoms with E-state index >= 15 is 0 Å². The maximum atomic E-state index is 8.86. The Balaban J connectivity index is 2.11. The van der Waals surface area contributed by atoms with Crippen LogP contribution in [0.2, 0.25) is 0 Å². The van der Waals surface area contributed by atoms with Gasteiger partial charge in [-0.05, 0) is 30.9 Å². The van der Waals surface area contributed by atoms with Crippen molar-refractivity contribution in [3.8, 4) is 0 Å². The smallest absolute Gasteiger partial charge is 0.0513 e. The summed E-state index contributed by atoms with van der Waals surface area (Å²) >= 11 is 1.93. The van der Waals surface area contributed by atoms with E-state index in [2.05, 4.69) is 30.4 Å². The van der Waals surface area contributed by atoms with Gasteiger partial charge in [-0.1, -0.05) is 19.1 Å². The summed E-state index contributed by atoms with van der Waals surface area (Å²) in [6.07, 6.45) is 3.02. The summed E-state index contributed by atoms with van der Waals surface area (Å²) < 4.78 is 0. The summed E-state index contributed by atoms with van der Waals surface area (Å²) in [4.78, 5) is 1.37. The zero-order valence-corrected chi connectivity index (χ0v) is 10.5. The second-order valence-electron chi connectivity index (χ2n) is 4.16. The predicted molar refractivity (Wildman–Crippen MR) is 70.3 cm³/mol. The average molecular weight is 237 g/mol. The SMILES string of the molecule is CCc1cccc2c1NC(CCCO)CS2. The van der Waals surface area contributed by atoms with Crippen LogP contribution in [-0.2, 0) is 6.42 Å². The van der Waals surface area contributed by atoms with Crippen molar-refractivity contribution in [2.75, 3.05) is 17.7 Å².